The number of aryl methyl sites for hydroxylation is 3. The molecule has 2 aromatic heterocycles. The van der Waals surface area contributed by atoms with Crippen molar-refractivity contribution in [3.8, 4) is 0 Å². The van der Waals surface area contributed by atoms with E-state index in [1.807, 2.05) is 6.92 Å². The highest BCUT2D eigenvalue weighted by Gasteiger charge is 2.47. The van der Waals surface area contributed by atoms with Crippen molar-refractivity contribution in [3.05, 3.63) is 49.5 Å². The van der Waals surface area contributed by atoms with Crippen molar-refractivity contribution < 1.29 is 24.1 Å². The second-order valence-electron chi connectivity index (χ2n) is 7.27. The van der Waals surface area contributed by atoms with Gasteiger partial charge >= 0.3 is 23.6 Å². The van der Waals surface area contributed by atoms with E-state index in [9.17, 15) is 24.3 Å². The molecule has 31 heavy (non-hydrogen) atoms. The summed E-state index contributed by atoms with van der Waals surface area (Å²) in [5.74, 6) is -3.73. The van der Waals surface area contributed by atoms with Crippen molar-refractivity contribution in [2.24, 2.45) is 20.0 Å². The summed E-state index contributed by atoms with van der Waals surface area (Å²) in [5.41, 5.74) is 2.15. The number of rotatable bonds is 4. The zero-order chi connectivity index (χ0) is 22.6. The van der Waals surface area contributed by atoms with Crippen molar-refractivity contribution in [1.29, 1.82) is 0 Å². The van der Waals surface area contributed by atoms with E-state index in [4.69, 9.17) is 11.6 Å². The van der Waals surface area contributed by atoms with Gasteiger partial charge in [0.15, 0.2) is 0 Å². The van der Waals surface area contributed by atoms with E-state index in [0.29, 0.717) is 26.6 Å². The third-order valence-electron chi connectivity index (χ3n) is 5.34. The average molecular weight is 462 g/mol. The first kappa shape index (κ1) is 21.0. The zero-order valence-electron chi connectivity index (χ0n) is 16.8. The number of nitrogens with zero attached hydrogens (tertiary/aromatic N) is 4. The van der Waals surface area contributed by atoms with Gasteiger partial charge in [0.1, 0.15) is 18.4 Å². The minimum absolute atomic E-state index is 0.130. The molecule has 9 nitrogen and oxygen atoms in total. The maximum atomic E-state index is 13.2. The van der Waals surface area contributed by atoms with Gasteiger partial charge in [-0.1, -0.05) is 11.6 Å². The molecule has 1 aromatic carbocycles. The van der Waals surface area contributed by atoms with Crippen LogP contribution in [0.1, 0.15) is 10.4 Å². The predicted octanol–water partition coefficient (Wildman–Crippen LogP) is 2.48. The molecule has 0 saturated carbocycles. The number of fused-ring (bicyclic) bond motifs is 1. The lowest BCUT2D eigenvalue weighted by Gasteiger charge is -2.21. The Labute approximate surface area is 185 Å². The summed E-state index contributed by atoms with van der Waals surface area (Å²) in [6.07, 6.45) is 1.09. The maximum absolute atomic E-state index is 13.2. The minimum Gasteiger partial charge on any atom is -0.480 e. The molecule has 0 aliphatic carbocycles. The Kier molecular flexibility index (Phi) is 5.06. The second-order valence-corrected chi connectivity index (χ2v) is 8.61. The second kappa shape index (κ2) is 7.47. The Bertz CT molecular complexity index is 1370. The van der Waals surface area contributed by atoms with Crippen LogP contribution in [-0.4, -0.2) is 47.8 Å². The first-order valence-corrected chi connectivity index (χ1v) is 10.5. The van der Waals surface area contributed by atoms with Crippen LogP contribution in [0.5, 0.6) is 0 Å². The van der Waals surface area contributed by atoms with Gasteiger partial charge in [0.2, 0.25) is 5.92 Å². The van der Waals surface area contributed by atoms with E-state index in [1.54, 1.807) is 37.7 Å². The predicted molar refractivity (Wildman–Crippen MR) is 115 cm³/mol. The number of imide groups is 1. The van der Waals surface area contributed by atoms with Crippen LogP contribution < -0.4 is 5.69 Å². The Morgan fingerprint density at radius 3 is 2.48 bits per heavy atom. The fourth-order valence-electron chi connectivity index (χ4n) is 3.56. The number of carbonyl (C=O) groups is 3. The van der Waals surface area contributed by atoms with E-state index in [-0.39, 0.29) is 12.2 Å². The molecule has 0 spiro atoms. The number of halogens is 1. The summed E-state index contributed by atoms with van der Waals surface area (Å²) in [6, 6.07) is 4.19. The molecule has 3 aromatic rings. The minimum atomic E-state index is -1.53. The molecular formula is C20H18ClN4O5S+. The van der Waals surface area contributed by atoms with Crippen molar-refractivity contribution in [2.75, 3.05) is 0 Å². The van der Waals surface area contributed by atoms with Crippen molar-refractivity contribution >= 4 is 63.8 Å². The topological polar surface area (TPSA) is 105 Å². The van der Waals surface area contributed by atoms with Gasteiger partial charge in [0, 0.05) is 20.2 Å². The molecule has 0 fully saturated rings. The summed E-state index contributed by atoms with van der Waals surface area (Å²) in [6.45, 7) is 1.68. The Hall–Kier alpha value is -3.24. The number of benzene rings is 1. The summed E-state index contributed by atoms with van der Waals surface area (Å²) in [4.78, 5) is 51.4. The Morgan fingerprint density at radius 1 is 1.19 bits per heavy atom. The normalized spacial score (nSPS) is 16.8. The highest BCUT2D eigenvalue weighted by atomic mass is 35.5. The lowest BCUT2D eigenvalue weighted by atomic mass is 10.1. The van der Waals surface area contributed by atoms with Gasteiger partial charge in [0.25, 0.3) is 0 Å². The van der Waals surface area contributed by atoms with Crippen LogP contribution in [0.15, 0.2) is 28.4 Å². The molecule has 3 heterocycles. The van der Waals surface area contributed by atoms with Crippen LogP contribution in [0.2, 0.25) is 5.02 Å². The summed E-state index contributed by atoms with van der Waals surface area (Å²) in [5, 5.41) is 11.8. The number of thiophene rings is 1. The quantitative estimate of drug-likeness (QED) is 0.474. The number of carboxylic acids is 1. The van der Waals surface area contributed by atoms with E-state index in [1.165, 1.54) is 20.5 Å². The number of hydrogen-bond donors (Lipinski definition) is 1. The molecule has 11 heteroatoms. The molecule has 1 N–H and O–H groups in total. The van der Waals surface area contributed by atoms with Crippen LogP contribution in [0.3, 0.4) is 0 Å². The van der Waals surface area contributed by atoms with Gasteiger partial charge in [-0.2, -0.15) is 14.3 Å². The fraction of sp³-hybridized carbons (Fsp3) is 0.250. The molecule has 160 valence electrons. The zero-order valence-corrected chi connectivity index (χ0v) is 18.4. The summed E-state index contributed by atoms with van der Waals surface area (Å²) < 4.78 is 4.03. The lowest BCUT2D eigenvalue weighted by Crippen LogP contribution is -2.51. The number of amides is 3. The number of carbonyl (C=O) groups excluding carboxylic acids is 2. The highest BCUT2D eigenvalue weighted by molar-refractivity contribution is 7.10. The SMILES string of the molecule is Cc1csc(CN2C(=O)C(C(=O)O)C=[N+](c3ccc4c(c3)n(C)c(=O)n4C)C2=O)c1Cl. The number of aliphatic carboxylic acids is 1. The van der Waals surface area contributed by atoms with Gasteiger partial charge in [-0.15, -0.1) is 11.3 Å². The van der Waals surface area contributed by atoms with Crippen LogP contribution in [-0.2, 0) is 30.2 Å². The van der Waals surface area contributed by atoms with E-state index in [2.05, 4.69) is 0 Å². The van der Waals surface area contributed by atoms with Crippen LogP contribution in [0, 0.1) is 12.8 Å². The van der Waals surface area contributed by atoms with E-state index in [0.717, 1.165) is 21.3 Å². The number of hydrogen-bond acceptors (Lipinski definition) is 5. The van der Waals surface area contributed by atoms with Crippen molar-refractivity contribution in [1.82, 2.24) is 14.0 Å². The molecule has 1 aliphatic rings. The van der Waals surface area contributed by atoms with Gasteiger partial charge in [-0.3, -0.25) is 13.9 Å². The standard InChI is InChI=1S/C20H17ClN4O5S/c1-10-9-31-15(16(10)21)8-25-17(26)12(18(27)28)7-24(20(25)30)11-4-5-13-14(6-11)23(3)19(29)22(13)2/h4-7,9,12H,8H2,1-3H3/p+1. The van der Waals surface area contributed by atoms with Crippen molar-refractivity contribution in [2.45, 2.75) is 13.5 Å². The van der Waals surface area contributed by atoms with Gasteiger partial charge in [-0.25, -0.2) is 9.59 Å². The third-order valence-corrected chi connectivity index (χ3v) is 7.07. The molecule has 1 atom stereocenters. The van der Waals surface area contributed by atoms with Crippen molar-refractivity contribution in [3.63, 3.8) is 0 Å². The fourth-order valence-corrected chi connectivity index (χ4v) is 4.78. The smallest absolute Gasteiger partial charge is 0.480 e. The molecule has 0 radical (unpaired) electrons. The number of urea groups is 1. The van der Waals surface area contributed by atoms with Gasteiger partial charge < -0.3 is 5.11 Å². The monoisotopic (exact) mass is 461 g/mol. The molecular weight excluding hydrogens is 444 g/mol. The number of imidazole rings is 1. The van der Waals surface area contributed by atoms with E-state index >= 15 is 0 Å². The van der Waals surface area contributed by atoms with Crippen LogP contribution >= 0.6 is 22.9 Å². The maximum Gasteiger partial charge on any atom is 0.505 e. The lowest BCUT2D eigenvalue weighted by molar-refractivity contribution is -0.344. The summed E-state index contributed by atoms with van der Waals surface area (Å²) >= 11 is 7.56. The van der Waals surface area contributed by atoms with Crippen LogP contribution in [0.25, 0.3) is 11.0 Å². The summed E-state index contributed by atoms with van der Waals surface area (Å²) in [7, 11) is 3.24. The first-order valence-electron chi connectivity index (χ1n) is 9.22. The molecule has 0 bridgehead atoms. The molecule has 1 aliphatic heterocycles. The Morgan fingerprint density at radius 2 is 1.87 bits per heavy atom. The highest BCUT2D eigenvalue weighted by Crippen LogP contribution is 2.30. The Balaban J connectivity index is 1.82. The molecule has 1 unspecified atom stereocenters. The van der Waals surface area contributed by atoms with Crippen LogP contribution in [0.4, 0.5) is 10.5 Å². The van der Waals surface area contributed by atoms with Gasteiger partial charge in [-0.05, 0) is 30.0 Å². The van der Waals surface area contributed by atoms with E-state index < -0.39 is 23.8 Å². The van der Waals surface area contributed by atoms with Gasteiger partial charge in [0.05, 0.1) is 20.9 Å². The number of carboxylic acid groups (broad SMARTS) is 1. The molecule has 3 amide bonds. The largest absolute Gasteiger partial charge is 0.505 e. The molecule has 0 saturated heterocycles. The number of aromatic nitrogens is 2. The first-order chi connectivity index (χ1) is 14.6. The third kappa shape index (κ3) is 3.28. The molecule has 4 rings (SSSR count). The average Bonchev–Trinajstić information content (AvgIpc) is 3.16.